The van der Waals surface area contributed by atoms with Crippen LogP contribution in [-0.4, -0.2) is 37.5 Å². The summed E-state index contributed by atoms with van der Waals surface area (Å²) in [5.74, 6) is 1.64. The van der Waals surface area contributed by atoms with Gasteiger partial charge in [-0.2, -0.15) is 0 Å². The van der Waals surface area contributed by atoms with Gasteiger partial charge in [0.1, 0.15) is 5.82 Å². The van der Waals surface area contributed by atoms with Gasteiger partial charge in [-0.05, 0) is 44.7 Å². The Balaban J connectivity index is 1.52. The summed E-state index contributed by atoms with van der Waals surface area (Å²) in [5, 5.41) is 0. The van der Waals surface area contributed by atoms with Gasteiger partial charge in [0.25, 0.3) is 5.56 Å². The number of piperidine rings is 1. The van der Waals surface area contributed by atoms with Crippen LogP contribution in [0, 0.1) is 12.8 Å². The molecule has 0 amide bonds. The maximum Gasteiger partial charge on any atom is 0.253 e. The SMILES string of the molecule is Cc1ncc(CN2CCC(Cn3cnc(C(C)C)cc3=O)CC2)cn1. The van der Waals surface area contributed by atoms with Crippen LogP contribution in [0.5, 0.6) is 0 Å². The summed E-state index contributed by atoms with van der Waals surface area (Å²) in [7, 11) is 0. The second-order valence-corrected chi connectivity index (χ2v) is 7.32. The number of aromatic nitrogens is 4. The lowest BCUT2D eigenvalue weighted by molar-refractivity contribution is 0.166. The van der Waals surface area contributed by atoms with Crippen LogP contribution in [0.25, 0.3) is 0 Å². The van der Waals surface area contributed by atoms with Crippen LogP contribution < -0.4 is 5.56 Å². The molecule has 25 heavy (non-hydrogen) atoms. The predicted molar refractivity (Wildman–Crippen MR) is 97.4 cm³/mol. The van der Waals surface area contributed by atoms with Crippen molar-refractivity contribution in [2.24, 2.45) is 5.92 Å². The fourth-order valence-electron chi connectivity index (χ4n) is 3.26. The minimum Gasteiger partial charge on any atom is -0.299 e. The number of hydrogen-bond donors (Lipinski definition) is 0. The summed E-state index contributed by atoms with van der Waals surface area (Å²) < 4.78 is 1.76. The minimum absolute atomic E-state index is 0.0675. The van der Waals surface area contributed by atoms with E-state index < -0.39 is 0 Å². The Morgan fingerprint density at radius 1 is 1.16 bits per heavy atom. The summed E-state index contributed by atoms with van der Waals surface area (Å²) in [6.45, 7) is 9.78. The highest BCUT2D eigenvalue weighted by Crippen LogP contribution is 2.20. The van der Waals surface area contributed by atoms with E-state index in [4.69, 9.17) is 0 Å². The van der Waals surface area contributed by atoms with Crippen LogP contribution in [0.4, 0.5) is 0 Å². The molecule has 0 atom stereocenters. The maximum atomic E-state index is 12.2. The van der Waals surface area contributed by atoms with E-state index in [0.717, 1.165) is 56.1 Å². The zero-order valence-electron chi connectivity index (χ0n) is 15.4. The third-order valence-corrected chi connectivity index (χ3v) is 4.89. The molecular weight excluding hydrogens is 314 g/mol. The fraction of sp³-hybridized carbons (Fsp3) is 0.579. The predicted octanol–water partition coefficient (Wildman–Crippen LogP) is 2.38. The van der Waals surface area contributed by atoms with Gasteiger partial charge in [0.2, 0.25) is 0 Å². The van der Waals surface area contributed by atoms with Crippen molar-refractivity contribution in [2.75, 3.05) is 13.1 Å². The lowest BCUT2D eigenvalue weighted by atomic mass is 9.96. The first-order valence-electron chi connectivity index (χ1n) is 9.07. The Bertz CT molecular complexity index is 745. The lowest BCUT2D eigenvalue weighted by Gasteiger charge is -2.32. The Hall–Kier alpha value is -2.08. The zero-order valence-corrected chi connectivity index (χ0v) is 15.4. The van der Waals surface area contributed by atoms with Crippen molar-refractivity contribution < 1.29 is 0 Å². The van der Waals surface area contributed by atoms with Gasteiger partial charge in [0.05, 0.1) is 12.0 Å². The van der Waals surface area contributed by atoms with Gasteiger partial charge in [0, 0.05) is 37.1 Å². The molecule has 0 spiro atoms. The summed E-state index contributed by atoms with van der Waals surface area (Å²) in [4.78, 5) is 27.6. The van der Waals surface area contributed by atoms with Crippen LogP contribution in [0.1, 0.15) is 49.7 Å². The van der Waals surface area contributed by atoms with Gasteiger partial charge in [-0.25, -0.2) is 15.0 Å². The third-order valence-electron chi connectivity index (χ3n) is 4.89. The normalized spacial score (nSPS) is 16.5. The van der Waals surface area contributed by atoms with Crippen molar-refractivity contribution in [2.45, 2.75) is 52.6 Å². The number of likely N-dealkylation sites (tertiary alicyclic amines) is 1. The van der Waals surface area contributed by atoms with Gasteiger partial charge < -0.3 is 0 Å². The highest BCUT2D eigenvalue weighted by atomic mass is 16.1. The van der Waals surface area contributed by atoms with Crippen LogP contribution in [-0.2, 0) is 13.1 Å². The average Bonchev–Trinajstić information content (AvgIpc) is 2.60. The monoisotopic (exact) mass is 341 g/mol. The average molecular weight is 341 g/mol. The van der Waals surface area contributed by atoms with Crippen molar-refractivity contribution in [3.8, 4) is 0 Å². The van der Waals surface area contributed by atoms with E-state index in [2.05, 4.69) is 33.7 Å². The summed E-state index contributed by atoms with van der Waals surface area (Å²) in [5.41, 5.74) is 2.10. The molecule has 134 valence electrons. The lowest BCUT2D eigenvalue weighted by Crippen LogP contribution is -2.36. The van der Waals surface area contributed by atoms with Gasteiger partial charge >= 0.3 is 0 Å². The van der Waals surface area contributed by atoms with E-state index >= 15 is 0 Å². The quantitative estimate of drug-likeness (QED) is 0.835. The van der Waals surface area contributed by atoms with Crippen LogP contribution in [0.3, 0.4) is 0 Å². The fourth-order valence-corrected chi connectivity index (χ4v) is 3.26. The second kappa shape index (κ2) is 7.87. The van der Waals surface area contributed by atoms with Crippen LogP contribution in [0.2, 0.25) is 0 Å². The van der Waals surface area contributed by atoms with Crippen molar-refractivity contribution in [3.05, 3.63) is 52.2 Å². The largest absolute Gasteiger partial charge is 0.299 e. The first-order chi connectivity index (χ1) is 12.0. The van der Waals surface area contributed by atoms with E-state index in [0.29, 0.717) is 5.92 Å². The number of aryl methyl sites for hydroxylation is 1. The molecule has 0 bridgehead atoms. The molecule has 3 heterocycles. The number of rotatable bonds is 5. The highest BCUT2D eigenvalue weighted by molar-refractivity contribution is 5.05. The first-order valence-corrected chi connectivity index (χ1v) is 9.07. The number of nitrogens with zero attached hydrogens (tertiary/aromatic N) is 5. The molecule has 1 saturated heterocycles. The summed E-state index contributed by atoms with van der Waals surface area (Å²) >= 11 is 0. The molecule has 0 unspecified atom stereocenters. The van der Waals surface area contributed by atoms with Crippen LogP contribution >= 0.6 is 0 Å². The Morgan fingerprint density at radius 3 is 2.44 bits per heavy atom. The molecule has 0 saturated carbocycles. The highest BCUT2D eigenvalue weighted by Gasteiger charge is 2.20. The maximum absolute atomic E-state index is 12.2. The van der Waals surface area contributed by atoms with E-state index in [1.165, 1.54) is 0 Å². The molecule has 2 aromatic heterocycles. The van der Waals surface area contributed by atoms with Gasteiger partial charge in [-0.15, -0.1) is 0 Å². The first kappa shape index (κ1) is 17.7. The van der Waals surface area contributed by atoms with Gasteiger partial charge in [-0.3, -0.25) is 14.3 Å². The van der Waals surface area contributed by atoms with Crippen molar-refractivity contribution in [1.82, 2.24) is 24.4 Å². The van der Waals surface area contributed by atoms with E-state index in [1.807, 2.05) is 19.3 Å². The van der Waals surface area contributed by atoms with E-state index in [9.17, 15) is 4.79 Å². The molecule has 6 heteroatoms. The molecule has 3 rings (SSSR count). The minimum atomic E-state index is 0.0675. The molecule has 0 aromatic carbocycles. The Kier molecular flexibility index (Phi) is 5.58. The van der Waals surface area contributed by atoms with E-state index in [1.54, 1.807) is 17.0 Å². The third kappa shape index (κ3) is 4.72. The van der Waals surface area contributed by atoms with Crippen molar-refractivity contribution in [1.29, 1.82) is 0 Å². The molecule has 0 N–H and O–H groups in total. The van der Waals surface area contributed by atoms with Crippen molar-refractivity contribution in [3.63, 3.8) is 0 Å². The van der Waals surface area contributed by atoms with Crippen molar-refractivity contribution >= 4 is 0 Å². The molecule has 1 fully saturated rings. The van der Waals surface area contributed by atoms with Crippen LogP contribution in [0.15, 0.2) is 29.6 Å². The Morgan fingerprint density at radius 2 is 1.84 bits per heavy atom. The zero-order chi connectivity index (χ0) is 17.8. The standard InChI is InChI=1S/C19H27N5O/c1-14(2)18-8-19(25)24(13-22-18)12-16-4-6-23(7-5-16)11-17-9-20-15(3)21-10-17/h8-10,13-14,16H,4-7,11-12H2,1-3H3. The molecule has 1 aliphatic heterocycles. The smallest absolute Gasteiger partial charge is 0.253 e. The molecule has 1 aliphatic rings. The van der Waals surface area contributed by atoms with Gasteiger partial charge in [-0.1, -0.05) is 13.8 Å². The number of hydrogen-bond acceptors (Lipinski definition) is 5. The molecular formula is C19H27N5O. The molecule has 0 aliphatic carbocycles. The summed E-state index contributed by atoms with van der Waals surface area (Å²) in [6, 6.07) is 1.68. The Labute approximate surface area is 149 Å². The molecule has 0 radical (unpaired) electrons. The molecule has 6 nitrogen and oxygen atoms in total. The van der Waals surface area contributed by atoms with Gasteiger partial charge in [0.15, 0.2) is 0 Å². The topological polar surface area (TPSA) is 63.9 Å². The van der Waals surface area contributed by atoms with E-state index in [-0.39, 0.29) is 11.5 Å². The second-order valence-electron chi connectivity index (χ2n) is 7.32. The summed E-state index contributed by atoms with van der Waals surface area (Å²) in [6.07, 6.45) is 7.75. The molecule has 2 aromatic rings.